The Hall–Kier alpha value is -1.94. The first-order valence-electron chi connectivity index (χ1n) is 8.71. The van der Waals surface area contributed by atoms with E-state index in [0.29, 0.717) is 18.0 Å². The van der Waals surface area contributed by atoms with Gasteiger partial charge in [-0.3, -0.25) is 0 Å². The summed E-state index contributed by atoms with van der Waals surface area (Å²) in [5.74, 6) is 0.628. The van der Waals surface area contributed by atoms with E-state index in [2.05, 4.69) is 20.0 Å². The van der Waals surface area contributed by atoms with Crippen molar-refractivity contribution in [2.24, 2.45) is 0 Å². The van der Waals surface area contributed by atoms with Gasteiger partial charge < -0.3 is 15.0 Å². The molecular formula is C17H25N5O3S. The Balaban J connectivity index is 1.58. The summed E-state index contributed by atoms with van der Waals surface area (Å²) >= 11 is 0. The lowest BCUT2D eigenvalue weighted by Gasteiger charge is -2.26. The van der Waals surface area contributed by atoms with Gasteiger partial charge in [0.1, 0.15) is 16.3 Å². The van der Waals surface area contributed by atoms with E-state index in [1.165, 1.54) is 17.1 Å². The zero-order valence-corrected chi connectivity index (χ0v) is 15.7. The fourth-order valence-electron chi connectivity index (χ4n) is 2.92. The molecule has 0 unspecified atom stereocenters. The van der Waals surface area contributed by atoms with Gasteiger partial charge in [-0.2, -0.15) is 5.10 Å². The van der Waals surface area contributed by atoms with E-state index in [-0.39, 0.29) is 4.90 Å². The predicted molar refractivity (Wildman–Crippen MR) is 99.2 cm³/mol. The number of rotatable bonds is 8. The average molecular weight is 379 g/mol. The number of piperazine rings is 1. The fraction of sp³-hybridized carbons (Fsp3) is 0.471. The van der Waals surface area contributed by atoms with Gasteiger partial charge in [-0.25, -0.2) is 17.8 Å². The van der Waals surface area contributed by atoms with Crippen LogP contribution in [0.1, 0.15) is 6.42 Å². The van der Waals surface area contributed by atoms with E-state index in [1.807, 2.05) is 18.2 Å². The van der Waals surface area contributed by atoms with Gasteiger partial charge in [-0.1, -0.05) is 12.1 Å². The summed E-state index contributed by atoms with van der Waals surface area (Å²) in [5.41, 5.74) is 0.690. The molecular weight excluding hydrogens is 354 g/mol. The standard InChI is InChI=1S/C17H25N5O3S/c1-25-17-6-3-2-5-16(17)22-14-15(13-19-22)26(23,24)20-7-4-10-21-11-8-18-9-12-21/h2-3,5-6,13-14,18,20H,4,7-12H2,1H3. The minimum absolute atomic E-state index is 0.144. The number of nitrogens with zero attached hydrogens (tertiary/aromatic N) is 3. The van der Waals surface area contributed by atoms with Gasteiger partial charge in [-0.05, 0) is 25.1 Å². The van der Waals surface area contributed by atoms with E-state index in [0.717, 1.165) is 39.1 Å². The Kier molecular flexibility index (Phi) is 6.25. The molecule has 1 fully saturated rings. The SMILES string of the molecule is COc1ccccc1-n1cc(S(=O)(=O)NCCCN2CCNCC2)cn1. The van der Waals surface area contributed by atoms with Gasteiger partial charge in [0.25, 0.3) is 0 Å². The maximum absolute atomic E-state index is 12.5. The van der Waals surface area contributed by atoms with Crippen LogP contribution in [0.3, 0.4) is 0 Å². The molecule has 1 aromatic carbocycles. The van der Waals surface area contributed by atoms with E-state index in [1.54, 1.807) is 13.2 Å². The van der Waals surface area contributed by atoms with Crippen molar-refractivity contribution in [3.63, 3.8) is 0 Å². The topological polar surface area (TPSA) is 88.5 Å². The number of sulfonamides is 1. The first-order chi connectivity index (χ1) is 12.6. The Bertz CT molecular complexity index is 815. The van der Waals surface area contributed by atoms with Crippen molar-refractivity contribution in [3.8, 4) is 11.4 Å². The Labute approximate surface area is 154 Å². The zero-order valence-electron chi connectivity index (χ0n) is 14.9. The molecule has 142 valence electrons. The van der Waals surface area contributed by atoms with Gasteiger partial charge in [0.05, 0.1) is 19.5 Å². The lowest BCUT2D eigenvalue weighted by Crippen LogP contribution is -2.44. The largest absolute Gasteiger partial charge is 0.494 e. The minimum Gasteiger partial charge on any atom is -0.494 e. The summed E-state index contributed by atoms with van der Waals surface area (Å²) in [6, 6.07) is 7.33. The van der Waals surface area contributed by atoms with Crippen LogP contribution < -0.4 is 14.8 Å². The third-order valence-corrected chi connectivity index (χ3v) is 5.77. The summed E-state index contributed by atoms with van der Waals surface area (Å²) in [4.78, 5) is 2.48. The quantitative estimate of drug-likeness (QED) is 0.648. The van der Waals surface area contributed by atoms with Crippen LogP contribution in [0.25, 0.3) is 5.69 Å². The molecule has 2 N–H and O–H groups in total. The number of hydrogen-bond donors (Lipinski definition) is 2. The number of hydrogen-bond acceptors (Lipinski definition) is 6. The highest BCUT2D eigenvalue weighted by Crippen LogP contribution is 2.22. The number of aromatic nitrogens is 2. The van der Waals surface area contributed by atoms with Gasteiger partial charge in [0.15, 0.2) is 0 Å². The van der Waals surface area contributed by atoms with Gasteiger partial charge in [-0.15, -0.1) is 0 Å². The van der Waals surface area contributed by atoms with Crippen molar-refractivity contribution in [1.29, 1.82) is 0 Å². The van der Waals surface area contributed by atoms with Crippen molar-refractivity contribution in [2.75, 3.05) is 46.4 Å². The highest BCUT2D eigenvalue weighted by molar-refractivity contribution is 7.89. The van der Waals surface area contributed by atoms with Crippen LogP contribution in [0.15, 0.2) is 41.6 Å². The molecule has 9 heteroatoms. The van der Waals surface area contributed by atoms with Crippen LogP contribution >= 0.6 is 0 Å². The van der Waals surface area contributed by atoms with Crippen LogP contribution in [0.4, 0.5) is 0 Å². The summed E-state index contributed by atoms with van der Waals surface area (Å²) in [5, 5.41) is 7.47. The number of benzene rings is 1. The summed E-state index contributed by atoms with van der Waals surface area (Å²) < 4.78 is 34.4. The second-order valence-corrected chi connectivity index (χ2v) is 7.90. The molecule has 0 spiro atoms. The molecule has 8 nitrogen and oxygen atoms in total. The maximum atomic E-state index is 12.5. The molecule has 0 saturated carbocycles. The monoisotopic (exact) mass is 379 g/mol. The molecule has 2 aromatic rings. The molecule has 1 aliphatic heterocycles. The van der Waals surface area contributed by atoms with Crippen molar-refractivity contribution in [2.45, 2.75) is 11.3 Å². The third kappa shape index (κ3) is 4.61. The number of ether oxygens (including phenoxy) is 1. The van der Waals surface area contributed by atoms with Crippen LogP contribution in [0, 0.1) is 0 Å². The molecule has 0 aliphatic carbocycles. The number of nitrogens with one attached hydrogen (secondary N) is 2. The van der Waals surface area contributed by atoms with Crippen molar-refractivity contribution < 1.29 is 13.2 Å². The normalized spacial score (nSPS) is 15.9. The molecule has 26 heavy (non-hydrogen) atoms. The third-order valence-electron chi connectivity index (χ3n) is 4.35. The molecule has 0 bridgehead atoms. The second kappa shape index (κ2) is 8.63. The highest BCUT2D eigenvalue weighted by atomic mass is 32.2. The fourth-order valence-corrected chi connectivity index (χ4v) is 3.93. The molecule has 3 rings (SSSR count). The summed E-state index contributed by atoms with van der Waals surface area (Å²) in [6.45, 7) is 5.31. The Morgan fingerprint density at radius 1 is 1.27 bits per heavy atom. The molecule has 2 heterocycles. The minimum atomic E-state index is -3.57. The molecule has 1 saturated heterocycles. The average Bonchev–Trinajstić information content (AvgIpc) is 3.17. The van der Waals surface area contributed by atoms with E-state index in [4.69, 9.17) is 4.74 Å². The summed E-state index contributed by atoms with van der Waals surface area (Å²) in [7, 11) is -2.01. The van der Waals surface area contributed by atoms with Crippen molar-refractivity contribution in [3.05, 3.63) is 36.7 Å². The molecule has 0 amide bonds. The Morgan fingerprint density at radius 3 is 2.81 bits per heavy atom. The smallest absolute Gasteiger partial charge is 0.243 e. The highest BCUT2D eigenvalue weighted by Gasteiger charge is 2.18. The molecule has 0 radical (unpaired) electrons. The van der Waals surface area contributed by atoms with Crippen LogP contribution in [-0.4, -0.2) is 69.5 Å². The predicted octanol–water partition coefficient (Wildman–Crippen LogP) is 0.455. The van der Waals surface area contributed by atoms with Crippen LogP contribution in [-0.2, 0) is 10.0 Å². The molecule has 1 aromatic heterocycles. The lowest BCUT2D eigenvalue weighted by molar-refractivity contribution is 0.239. The van der Waals surface area contributed by atoms with E-state index >= 15 is 0 Å². The van der Waals surface area contributed by atoms with Crippen LogP contribution in [0.5, 0.6) is 5.75 Å². The molecule has 0 atom stereocenters. The van der Waals surface area contributed by atoms with Gasteiger partial charge in [0.2, 0.25) is 10.0 Å². The van der Waals surface area contributed by atoms with E-state index in [9.17, 15) is 8.42 Å². The number of para-hydroxylation sites is 2. The molecule has 1 aliphatic rings. The first kappa shape index (κ1) is 18.8. The van der Waals surface area contributed by atoms with Crippen molar-refractivity contribution in [1.82, 2.24) is 24.7 Å². The first-order valence-corrected chi connectivity index (χ1v) is 10.2. The van der Waals surface area contributed by atoms with E-state index < -0.39 is 10.0 Å². The zero-order chi connectivity index (χ0) is 18.4. The number of methoxy groups -OCH3 is 1. The van der Waals surface area contributed by atoms with Gasteiger partial charge in [0, 0.05) is 32.7 Å². The van der Waals surface area contributed by atoms with Gasteiger partial charge >= 0.3 is 0 Å². The Morgan fingerprint density at radius 2 is 2.04 bits per heavy atom. The lowest BCUT2D eigenvalue weighted by atomic mass is 10.3. The van der Waals surface area contributed by atoms with Crippen LogP contribution in [0.2, 0.25) is 0 Å². The maximum Gasteiger partial charge on any atom is 0.243 e. The summed E-state index contributed by atoms with van der Waals surface area (Å²) in [6.07, 6.45) is 3.63. The second-order valence-electron chi connectivity index (χ2n) is 6.14. The van der Waals surface area contributed by atoms with Crippen molar-refractivity contribution >= 4 is 10.0 Å².